The van der Waals surface area contributed by atoms with E-state index in [-0.39, 0.29) is 5.70 Å². The van der Waals surface area contributed by atoms with Gasteiger partial charge >= 0.3 is 5.97 Å². The number of aliphatic imine (C=N–C) groups is 1. The first-order valence-corrected chi connectivity index (χ1v) is 7.25. The number of benzene rings is 1. The van der Waals surface area contributed by atoms with E-state index < -0.39 is 5.97 Å². The summed E-state index contributed by atoms with van der Waals surface area (Å²) in [4.78, 5) is 20.2. The Morgan fingerprint density at radius 3 is 2.82 bits per heavy atom. The van der Waals surface area contributed by atoms with E-state index >= 15 is 0 Å². The van der Waals surface area contributed by atoms with Crippen molar-refractivity contribution >= 4 is 29.5 Å². The third-order valence-electron chi connectivity index (χ3n) is 3.15. The molecule has 1 aromatic heterocycles. The summed E-state index contributed by atoms with van der Waals surface area (Å²) in [5.41, 5.74) is 2.03. The maximum Gasteiger partial charge on any atom is 0.363 e. The standard InChI is InChI=1S/C17H13ClN2O2/c18-13-5-3-4-12(10-13)7-8-16-20-15(17(21)22-16)11-14-6-1-2-9-19-14/h1-6,9-11H,7-8H2/b15-11+. The van der Waals surface area contributed by atoms with Gasteiger partial charge < -0.3 is 4.74 Å². The molecule has 0 bridgehead atoms. The van der Waals surface area contributed by atoms with Crippen LogP contribution in [0.5, 0.6) is 0 Å². The first kappa shape index (κ1) is 14.5. The van der Waals surface area contributed by atoms with Gasteiger partial charge in [-0.25, -0.2) is 9.79 Å². The molecule has 0 spiro atoms. The van der Waals surface area contributed by atoms with Crippen LogP contribution in [0.3, 0.4) is 0 Å². The minimum absolute atomic E-state index is 0.278. The average Bonchev–Trinajstić information content (AvgIpc) is 2.87. The van der Waals surface area contributed by atoms with Gasteiger partial charge in [0.1, 0.15) is 0 Å². The van der Waals surface area contributed by atoms with E-state index in [4.69, 9.17) is 16.3 Å². The molecule has 2 heterocycles. The molecule has 0 N–H and O–H groups in total. The van der Waals surface area contributed by atoms with Crippen molar-refractivity contribution < 1.29 is 9.53 Å². The summed E-state index contributed by atoms with van der Waals surface area (Å²) in [6.07, 6.45) is 4.54. The van der Waals surface area contributed by atoms with Crippen molar-refractivity contribution in [3.05, 3.63) is 70.6 Å². The molecule has 110 valence electrons. The molecule has 0 fully saturated rings. The SMILES string of the molecule is O=C1OC(CCc2cccc(Cl)c2)=N/C1=C/c1ccccn1. The van der Waals surface area contributed by atoms with Gasteiger partial charge in [0.05, 0.1) is 5.69 Å². The number of hydrogen-bond acceptors (Lipinski definition) is 4. The predicted molar refractivity (Wildman–Crippen MR) is 85.5 cm³/mol. The number of rotatable bonds is 4. The van der Waals surface area contributed by atoms with Crippen molar-refractivity contribution in [2.75, 3.05) is 0 Å². The Balaban J connectivity index is 1.69. The fourth-order valence-corrected chi connectivity index (χ4v) is 2.32. The number of aryl methyl sites for hydroxylation is 1. The van der Waals surface area contributed by atoms with Crippen LogP contribution in [-0.2, 0) is 16.0 Å². The number of aromatic nitrogens is 1. The minimum Gasteiger partial charge on any atom is -0.407 e. The molecule has 22 heavy (non-hydrogen) atoms. The number of cyclic esters (lactones) is 1. The molecule has 1 aliphatic heterocycles. The lowest BCUT2D eigenvalue weighted by atomic mass is 10.1. The topological polar surface area (TPSA) is 51.5 Å². The molecule has 2 aromatic rings. The summed E-state index contributed by atoms with van der Waals surface area (Å²) >= 11 is 5.95. The molecule has 1 aromatic carbocycles. The highest BCUT2D eigenvalue weighted by Gasteiger charge is 2.22. The second-order valence-electron chi connectivity index (χ2n) is 4.81. The van der Waals surface area contributed by atoms with Gasteiger partial charge in [0.2, 0.25) is 0 Å². The smallest absolute Gasteiger partial charge is 0.363 e. The Kier molecular flexibility index (Phi) is 4.30. The van der Waals surface area contributed by atoms with Gasteiger partial charge in [-0.1, -0.05) is 29.8 Å². The Morgan fingerprint density at radius 2 is 2.05 bits per heavy atom. The van der Waals surface area contributed by atoms with Crippen LogP contribution in [0.4, 0.5) is 0 Å². The van der Waals surface area contributed by atoms with Crippen molar-refractivity contribution in [3.8, 4) is 0 Å². The number of carbonyl (C=O) groups is 1. The average molecular weight is 313 g/mol. The maximum absolute atomic E-state index is 11.8. The largest absolute Gasteiger partial charge is 0.407 e. The summed E-state index contributed by atoms with van der Waals surface area (Å²) in [7, 11) is 0. The number of esters is 1. The number of halogens is 1. The van der Waals surface area contributed by atoms with Crippen molar-refractivity contribution in [3.63, 3.8) is 0 Å². The highest BCUT2D eigenvalue weighted by atomic mass is 35.5. The summed E-state index contributed by atoms with van der Waals surface area (Å²) in [5.74, 6) is -0.0149. The molecule has 0 atom stereocenters. The Morgan fingerprint density at radius 1 is 1.14 bits per heavy atom. The van der Waals surface area contributed by atoms with Gasteiger partial charge in [0.25, 0.3) is 0 Å². The number of carbonyl (C=O) groups excluding carboxylic acids is 1. The predicted octanol–water partition coefficient (Wildman–Crippen LogP) is 3.66. The monoisotopic (exact) mass is 312 g/mol. The van der Waals surface area contributed by atoms with Gasteiger partial charge in [-0.05, 0) is 42.3 Å². The molecular formula is C17H13ClN2O2. The molecule has 0 saturated carbocycles. The lowest BCUT2D eigenvalue weighted by Gasteiger charge is -2.01. The highest BCUT2D eigenvalue weighted by molar-refractivity contribution is 6.30. The lowest BCUT2D eigenvalue weighted by molar-refractivity contribution is -0.130. The van der Waals surface area contributed by atoms with Gasteiger partial charge in [-0.2, -0.15) is 0 Å². The second-order valence-corrected chi connectivity index (χ2v) is 5.25. The van der Waals surface area contributed by atoms with Crippen LogP contribution in [0.25, 0.3) is 6.08 Å². The van der Waals surface area contributed by atoms with Crippen LogP contribution in [0.2, 0.25) is 5.02 Å². The summed E-state index contributed by atoms with van der Waals surface area (Å²) in [6, 6.07) is 13.1. The summed E-state index contributed by atoms with van der Waals surface area (Å²) in [5, 5.41) is 0.693. The molecule has 0 aliphatic carbocycles. The van der Waals surface area contributed by atoms with Gasteiger partial charge in [0.15, 0.2) is 11.6 Å². The molecule has 0 radical (unpaired) electrons. The van der Waals surface area contributed by atoms with Crippen LogP contribution in [0, 0.1) is 0 Å². The Bertz CT molecular complexity index is 754. The third-order valence-corrected chi connectivity index (χ3v) is 3.39. The van der Waals surface area contributed by atoms with Crippen LogP contribution < -0.4 is 0 Å². The van der Waals surface area contributed by atoms with Gasteiger partial charge in [-0.15, -0.1) is 0 Å². The van der Waals surface area contributed by atoms with E-state index in [0.29, 0.717) is 29.5 Å². The zero-order chi connectivity index (χ0) is 15.4. The van der Waals surface area contributed by atoms with Crippen LogP contribution in [-0.4, -0.2) is 16.9 Å². The fraction of sp³-hybridized carbons (Fsp3) is 0.118. The number of ether oxygens (including phenoxy) is 1. The molecule has 0 amide bonds. The number of pyridine rings is 1. The molecule has 1 aliphatic rings. The van der Waals surface area contributed by atoms with E-state index in [1.807, 2.05) is 36.4 Å². The van der Waals surface area contributed by atoms with Gasteiger partial charge in [-0.3, -0.25) is 4.98 Å². The van der Waals surface area contributed by atoms with E-state index in [2.05, 4.69) is 9.98 Å². The zero-order valence-electron chi connectivity index (χ0n) is 11.7. The first-order chi connectivity index (χ1) is 10.7. The third kappa shape index (κ3) is 3.59. The molecular weight excluding hydrogens is 300 g/mol. The van der Waals surface area contributed by atoms with Crippen molar-refractivity contribution in [2.24, 2.45) is 4.99 Å². The van der Waals surface area contributed by atoms with Crippen molar-refractivity contribution in [1.82, 2.24) is 4.98 Å². The number of nitrogens with zero attached hydrogens (tertiary/aromatic N) is 2. The fourth-order valence-electron chi connectivity index (χ4n) is 2.11. The van der Waals surface area contributed by atoms with Crippen LogP contribution >= 0.6 is 11.6 Å². The quantitative estimate of drug-likeness (QED) is 0.639. The normalized spacial score (nSPS) is 15.8. The first-order valence-electron chi connectivity index (χ1n) is 6.87. The van der Waals surface area contributed by atoms with Crippen LogP contribution in [0.15, 0.2) is 59.4 Å². The summed E-state index contributed by atoms with van der Waals surface area (Å²) < 4.78 is 5.18. The molecule has 4 nitrogen and oxygen atoms in total. The highest BCUT2D eigenvalue weighted by Crippen LogP contribution is 2.18. The molecule has 0 unspecified atom stereocenters. The maximum atomic E-state index is 11.8. The Hall–Kier alpha value is -2.46. The Labute approximate surface area is 133 Å². The molecule has 5 heteroatoms. The summed E-state index contributed by atoms with van der Waals surface area (Å²) in [6.45, 7) is 0. The minimum atomic E-state index is -0.438. The van der Waals surface area contributed by atoms with E-state index in [9.17, 15) is 4.79 Å². The van der Waals surface area contributed by atoms with Crippen molar-refractivity contribution in [1.29, 1.82) is 0 Å². The molecule has 0 saturated heterocycles. The van der Waals surface area contributed by atoms with E-state index in [1.54, 1.807) is 18.3 Å². The number of hydrogen-bond donors (Lipinski definition) is 0. The lowest BCUT2D eigenvalue weighted by Crippen LogP contribution is -2.05. The van der Waals surface area contributed by atoms with E-state index in [1.165, 1.54) is 0 Å². The van der Waals surface area contributed by atoms with Crippen LogP contribution in [0.1, 0.15) is 17.7 Å². The van der Waals surface area contributed by atoms with Gasteiger partial charge in [0, 0.05) is 17.6 Å². The molecule has 3 rings (SSSR count). The van der Waals surface area contributed by atoms with E-state index in [0.717, 1.165) is 5.56 Å². The van der Waals surface area contributed by atoms with Crippen molar-refractivity contribution in [2.45, 2.75) is 12.8 Å². The second kappa shape index (κ2) is 6.54. The zero-order valence-corrected chi connectivity index (χ0v) is 12.5.